The van der Waals surface area contributed by atoms with Gasteiger partial charge in [-0.1, -0.05) is 37.1 Å². The molecular formula is C23H29N3O3. The Morgan fingerprint density at radius 3 is 2.34 bits per heavy atom. The van der Waals surface area contributed by atoms with Crippen LogP contribution in [0.3, 0.4) is 0 Å². The van der Waals surface area contributed by atoms with Gasteiger partial charge >= 0.3 is 12.0 Å². The number of para-hydroxylation sites is 2. The first-order valence-corrected chi connectivity index (χ1v) is 10.2. The highest BCUT2D eigenvalue weighted by atomic mass is 16.5. The summed E-state index contributed by atoms with van der Waals surface area (Å²) in [6.45, 7) is 2.57. The third-order valence-electron chi connectivity index (χ3n) is 5.17. The minimum atomic E-state index is -0.350. The molecule has 0 aromatic heterocycles. The fraction of sp³-hybridized carbons (Fsp3) is 0.391. The highest BCUT2D eigenvalue weighted by Gasteiger charge is 2.14. The fourth-order valence-corrected chi connectivity index (χ4v) is 3.58. The number of amides is 2. The smallest absolute Gasteiger partial charge is 0.337 e. The first kappa shape index (κ1) is 20.7. The van der Waals surface area contributed by atoms with Gasteiger partial charge in [0.05, 0.1) is 24.0 Å². The van der Waals surface area contributed by atoms with Gasteiger partial charge in [0.25, 0.3) is 0 Å². The lowest BCUT2D eigenvalue weighted by molar-refractivity contribution is 0.0600. The number of anilines is 2. The van der Waals surface area contributed by atoms with Gasteiger partial charge < -0.3 is 20.3 Å². The first-order chi connectivity index (χ1) is 14.2. The van der Waals surface area contributed by atoms with Gasteiger partial charge in [-0.3, -0.25) is 0 Å². The second kappa shape index (κ2) is 10.5. The predicted molar refractivity (Wildman–Crippen MR) is 116 cm³/mol. The molecule has 2 amide bonds. The van der Waals surface area contributed by atoms with E-state index in [0.717, 1.165) is 30.0 Å². The molecule has 0 radical (unpaired) electrons. The normalized spacial score (nSPS) is 14.0. The highest BCUT2D eigenvalue weighted by Crippen LogP contribution is 2.27. The van der Waals surface area contributed by atoms with E-state index in [2.05, 4.69) is 21.6 Å². The van der Waals surface area contributed by atoms with E-state index in [1.165, 1.54) is 32.8 Å². The number of benzene rings is 2. The molecule has 2 aromatic rings. The van der Waals surface area contributed by atoms with Crippen molar-refractivity contribution >= 4 is 23.4 Å². The number of urea groups is 1. The Morgan fingerprint density at radius 2 is 1.66 bits per heavy atom. The van der Waals surface area contributed by atoms with Crippen molar-refractivity contribution in [3.8, 4) is 0 Å². The number of nitrogens with zero attached hydrogens (tertiary/aromatic N) is 1. The Labute approximate surface area is 172 Å². The fourth-order valence-electron chi connectivity index (χ4n) is 3.58. The highest BCUT2D eigenvalue weighted by molar-refractivity contribution is 5.93. The minimum absolute atomic E-state index is 0.210. The average molecular weight is 396 g/mol. The zero-order valence-corrected chi connectivity index (χ0v) is 16.9. The molecule has 0 aliphatic carbocycles. The Bertz CT molecular complexity index is 812. The number of esters is 1. The van der Waals surface area contributed by atoms with E-state index in [1.54, 1.807) is 12.1 Å². The Hall–Kier alpha value is -3.02. The number of carbonyl (C=O) groups is 2. The maximum Gasteiger partial charge on any atom is 0.337 e. The lowest BCUT2D eigenvalue weighted by Crippen LogP contribution is -2.32. The number of hydrogen-bond donors (Lipinski definition) is 2. The summed E-state index contributed by atoms with van der Waals surface area (Å²) in [6.07, 6.45) is 5.60. The average Bonchev–Trinajstić information content (AvgIpc) is 3.03. The zero-order chi connectivity index (χ0) is 20.5. The van der Waals surface area contributed by atoms with Crippen LogP contribution in [-0.4, -0.2) is 38.7 Å². The molecule has 0 unspecified atom stereocenters. The van der Waals surface area contributed by atoms with Crippen LogP contribution < -0.4 is 15.5 Å². The van der Waals surface area contributed by atoms with Gasteiger partial charge in [-0.25, -0.2) is 9.59 Å². The lowest BCUT2D eigenvalue weighted by atomic mass is 10.1. The number of nitrogens with one attached hydrogen (secondary N) is 2. The number of hydrogen-bond acceptors (Lipinski definition) is 4. The Balaban J connectivity index is 1.51. The summed E-state index contributed by atoms with van der Waals surface area (Å²) in [5, 5.41) is 5.90. The van der Waals surface area contributed by atoms with Gasteiger partial charge in [-0.15, -0.1) is 0 Å². The standard InChI is InChI=1S/C23H29N3O3/c1-29-22(27)19-12-10-18(11-13-19)14-15-24-23(28)25-20-8-4-5-9-21(20)26-16-6-2-3-7-17-26/h4-5,8-13H,2-3,6-7,14-17H2,1H3,(H2,24,25,28). The van der Waals surface area contributed by atoms with Crippen molar-refractivity contribution in [2.75, 3.05) is 37.0 Å². The van der Waals surface area contributed by atoms with Crippen LogP contribution in [0.25, 0.3) is 0 Å². The van der Waals surface area contributed by atoms with Crippen LogP contribution in [0.4, 0.5) is 16.2 Å². The van der Waals surface area contributed by atoms with E-state index in [0.29, 0.717) is 18.5 Å². The van der Waals surface area contributed by atoms with Gasteiger partial charge in [0, 0.05) is 19.6 Å². The molecule has 2 N–H and O–H groups in total. The number of methoxy groups -OCH3 is 1. The van der Waals surface area contributed by atoms with Crippen LogP contribution in [-0.2, 0) is 11.2 Å². The van der Waals surface area contributed by atoms with Crippen LogP contribution in [0.1, 0.15) is 41.6 Å². The van der Waals surface area contributed by atoms with E-state index in [9.17, 15) is 9.59 Å². The largest absolute Gasteiger partial charge is 0.465 e. The van der Waals surface area contributed by atoms with Gasteiger partial charge in [-0.05, 0) is 49.1 Å². The second-order valence-electron chi connectivity index (χ2n) is 7.24. The SMILES string of the molecule is COC(=O)c1ccc(CCNC(=O)Nc2ccccc2N2CCCCCC2)cc1. The predicted octanol–water partition coefficient (Wildman–Crippen LogP) is 4.22. The van der Waals surface area contributed by atoms with E-state index in [4.69, 9.17) is 4.74 Å². The van der Waals surface area contributed by atoms with Crippen molar-refractivity contribution in [1.82, 2.24) is 5.32 Å². The molecule has 1 heterocycles. The summed E-state index contributed by atoms with van der Waals surface area (Å²) in [5.41, 5.74) is 3.49. The number of carbonyl (C=O) groups excluding carboxylic acids is 2. The van der Waals surface area contributed by atoms with Crippen LogP contribution in [0, 0.1) is 0 Å². The number of ether oxygens (including phenoxy) is 1. The van der Waals surface area contributed by atoms with Gasteiger partial charge in [0.1, 0.15) is 0 Å². The van der Waals surface area contributed by atoms with Crippen molar-refractivity contribution < 1.29 is 14.3 Å². The van der Waals surface area contributed by atoms with Crippen molar-refractivity contribution in [1.29, 1.82) is 0 Å². The molecule has 1 fully saturated rings. The molecule has 1 aliphatic heterocycles. The summed E-state index contributed by atoms with van der Waals surface area (Å²) >= 11 is 0. The topological polar surface area (TPSA) is 70.7 Å². The summed E-state index contributed by atoms with van der Waals surface area (Å²) in [6, 6.07) is 15.0. The van der Waals surface area contributed by atoms with Crippen LogP contribution in [0.15, 0.2) is 48.5 Å². The first-order valence-electron chi connectivity index (χ1n) is 10.2. The molecule has 0 spiro atoms. The molecule has 0 bridgehead atoms. The molecular weight excluding hydrogens is 366 g/mol. The minimum Gasteiger partial charge on any atom is -0.465 e. The third kappa shape index (κ3) is 5.98. The summed E-state index contributed by atoms with van der Waals surface area (Å²) in [4.78, 5) is 26.2. The van der Waals surface area contributed by atoms with Crippen molar-refractivity contribution in [3.63, 3.8) is 0 Å². The summed E-state index contributed by atoms with van der Waals surface area (Å²) in [7, 11) is 1.36. The van der Waals surface area contributed by atoms with Gasteiger partial charge in [-0.2, -0.15) is 0 Å². The van der Waals surface area contributed by atoms with Crippen molar-refractivity contribution in [2.45, 2.75) is 32.1 Å². The monoisotopic (exact) mass is 395 g/mol. The molecule has 1 saturated heterocycles. The van der Waals surface area contributed by atoms with Crippen molar-refractivity contribution in [2.24, 2.45) is 0 Å². The zero-order valence-electron chi connectivity index (χ0n) is 16.9. The molecule has 3 rings (SSSR count). The Morgan fingerprint density at radius 1 is 0.966 bits per heavy atom. The molecule has 2 aromatic carbocycles. The van der Waals surface area contributed by atoms with E-state index >= 15 is 0 Å². The molecule has 6 nitrogen and oxygen atoms in total. The van der Waals surface area contributed by atoms with Crippen LogP contribution >= 0.6 is 0 Å². The van der Waals surface area contributed by atoms with Crippen molar-refractivity contribution in [3.05, 3.63) is 59.7 Å². The number of rotatable bonds is 6. The molecule has 1 aliphatic rings. The van der Waals surface area contributed by atoms with E-state index < -0.39 is 0 Å². The van der Waals surface area contributed by atoms with Crippen LogP contribution in [0.2, 0.25) is 0 Å². The van der Waals surface area contributed by atoms with Gasteiger partial charge in [0.15, 0.2) is 0 Å². The lowest BCUT2D eigenvalue weighted by Gasteiger charge is -2.25. The maximum atomic E-state index is 12.4. The summed E-state index contributed by atoms with van der Waals surface area (Å²) in [5.74, 6) is -0.350. The maximum absolute atomic E-state index is 12.4. The van der Waals surface area contributed by atoms with Crippen LogP contribution in [0.5, 0.6) is 0 Å². The second-order valence-corrected chi connectivity index (χ2v) is 7.24. The molecule has 29 heavy (non-hydrogen) atoms. The van der Waals surface area contributed by atoms with Gasteiger partial charge in [0.2, 0.25) is 0 Å². The molecule has 6 heteroatoms. The Kier molecular flexibility index (Phi) is 7.50. The molecule has 0 atom stereocenters. The summed E-state index contributed by atoms with van der Waals surface area (Å²) < 4.78 is 4.70. The van der Waals surface area contributed by atoms with E-state index in [1.807, 2.05) is 30.3 Å². The van der Waals surface area contributed by atoms with E-state index in [-0.39, 0.29) is 12.0 Å². The molecule has 0 saturated carbocycles. The quantitative estimate of drug-likeness (QED) is 0.719. The molecule has 154 valence electrons. The third-order valence-corrected chi connectivity index (χ3v) is 5.17.